The SMILES string of the molecule is S=c1n(C[NH+]2CCCC[C@@H]2c2nc3ccccc3s2)nnn1-c1ccccc1. The number of quaternary nitrogens is 1. The van der Waals surface area contributed by atoms with Crippen LogP contribution in [0.3, 0.4) is 0 Å². The summed E-state index contributed by atoms with van der Waals surface area (Å²) in [6.45, 7) is 1.81. The van der Waals surface area contributed by atoms with Crippen LogP contribution < -0.4 is 4.90 Å². The van der Waals surface area contributed by atoms with Gasteiger partial charge in [-0.25, -0.2) is 4.98 Å². The van der Waals surface area contributed by atoms with Crippen LogP contribution in [0.15, 0.2) is 54.6 Å². The van der Waals surface area contributed by atoms with Gasteiger partial charge < -0.3 is 4.90 Å². The Bertz CT molecular complexity index is 1110. The van der Waals surface area contributed by atoms with Gasteiger partial charge in [0.15, 0.2) is 11.7 Å². The minimum atomic E-state index is 0.384. The highest BCUT2D eigenvalue weighted by Gasteiger charge is 2.31. The van der Waals surface area contributed by atoms with Crippen LogP contribution in [-0.4, -0.2) is 31.3 Å². The number of hydrogen-bond donors (Lipinski definition) is 1. The Hall–Kier alpha value is -2.42. The summed E-state index contributed by atoms with van der Waals surface area (Å²) >= 11 is 7.47. The van der Waals surface area contributed by atoms with Crippen LogP contribution in [0.5, 0.6) is 0 Å². The standard InChI is InChI=1S/C20H20N6S2/c27-20-25(22-23-26(20)15-8-2-1-3-9-15)14-24-13-7-6-11-17(24)19-21-16-10-4-5-12-18(16)28-19/h1-5,8-10,12,17H,6-7,11,13-14H2/p+1/t17-/m1/s1. The van der Waals surface area contributed by atoms with Crippen LogP contribution in [0.1, 0.15) is 30.3 Å². The van der Waals surface area contributed by atoms with Gasteiger partial charge in [0.25, 0.3) is 0 Å². The molecule has 4 aromatic rings. The third kappa shape index (κ3) is 3.28. The lowest BCUT2D eigenvalue weighted by Gasteiger charge is -2.30. The van der Waals surface area contributed by atoms with Crippen LogP contribution in [0.2, 0.25) is 0 Å². The summed E-state index contributed by atoms with van der Waals surface area (Å²) in [5.41, 5.74) is 2.04. The number of hydrogen-bond acceptors (Lipinski definition) is 5. The van der Waals surface area contributed by atoms with Gasteiger partial charge in [0.05, 0.1) is 22.4 Å². The number of benzene rings is 2. The summed E-state index contributed by atoms with van der Waals surface area (Å²) in [4.78, 5) is 6.38. The molecule has 1 aliphatic heterocycles. The van der Waals surface area contributed by atoms with Crippen LogP contribution in [0.4, 0.5) is 0 Å². The molecule has 142 valence electrons. The topological polar surface area (TPSA) is 53.0 Å². The molecule has 8 heteroatoms. The Balaban J connectivity index is 1.43. The summed E-state index contributed by atoms with van der Waals surface area (Å²) in [5, 5.41) is 9.85. The van der Waals surface area contributed by atoms with Crippen molar-refractivity contribution in [1.29, 1.82) is 0 Å². The molecule has 1 saturated heterocycles. The maximum atomic E-state index is 5.66. The van der Waals surface area contributed by atoms with Crippen molar-refractivity contribution in [2.75, 3.05) is 6.54 Å². The molecule has 1 unspecified atom stereocenters. The van der Waals surface area contributed by atoms with Gasteiger partial charge >= 0.3 is 0 Å². The number of para-hydroxylation sites is 2. The van der Waals surface area contributed by atoms with Crippen molar-refractivity contribution in [2.45, 2.75) is 32.0 Å². The molecule has 2 aromatic carbocycles. The second kappa shape index (κ2) is 7.54. The number of rotatable bonds is 4. The van der Waals surface area contributed by atoms with Crippen LogP contribution in [-0.2, 0) is 6.67 Å². The van der Waals surface area contributed by atoms with Crippen molar-refractivity contribution in [3.63, 3.8) is 0 Å². The molecule has 1 N–H and O–H groups in total. The molecule has 0 saturated carbocycles. The third-order valence-corrected chi connectivity index (χ3v) is 6.87. The van der Waals surface area contributed by atoms with E-state index in [4.69, 9.17) is 17.2 Å². The average molecular weight is 410 g/mol. The van der Waals surface area contributed by atoms with Crippen molar-refractivity contribution >= 4 is 33.8 Å². The number of aromatic nitrogens is 5. The largest absolute Gasteiger partial charge is 0.308 e. The van der Waals surface area contributed by atoms with Gasteiger partial charge in [-0.2, -0.15) is 9.36 Å². The molecule has 0 amide bonds. The summed E-state index contributed by atoms with van der Waals surface area (Å²) in [6.07, 6.45) is 3.61. The fourth-order valence-electron chi connectivity index (χ4n) is 3.90. The van der Waals surface area contributed by atoms with Gasteiger partial charge in [0, 0.05) is 6.42 Å². The van der Waals surface area contributed by atoms with Crippen LogP contribution in [0.25, 0.3) is 15.9 Å². The number of nitrogens with zero attached hydrogens (tertiary/aromatic N) is 5. The van der Waals surface area contributed by atoms with Crippen molar-refractivity contribution in [3.8, 4) is 5.69 Å². The number of thiazole rings is 1. The van der Waals surface area contributed by atoms with Crippen molar-refractivity contribution in [3.05, 3.63) is 64.4 Å². The van der Waals surface area contributed by atoms with E-state index in [1.807, 2.05) is 46.4 Å². The lowest BCUT2D eigenvalue weighted by Crippen LogP contribution is -3.12. The number of likely N-dealkylation sites (tertiary alicyclic amines) is 1. The number of tetrazole rings is 1. The van der Waals surface area contributed by atoms with E-state index in [0.29, 0.717) is 17.5 Å². The van der Waals surface area contributed by atoms with Crippen molar-refractivity contribution in [1.82, 2.24) is 24.8 Å². The van der Waals surface area contributed by atoms with E-state index in [2.05, 4.69) is 34.7 Å². The zero-order valence-electron chi connectivity index (χ0n) is 15.4. The van der Waals surface area contributed by atoms with E-state index < -0.39 is 0 Å². The highest BCUT2D eigenvalue weighted by molar-refractivity contribution is 7.71. The molecule has 1 fully saturated rings. The van der Waals surface area contributed by atoms with Gasteiger partial charge in [-0.05, 0) is 59.8 Å². The lowest BCUT2D eigenvalue weighted by molar-refractivity contribution is -0.959. The number of nitrogens with one attached hydrogen (secondary N) is 1. The molecule has 0 spiro atoms. The molecular weight excluding hydrogens is 388 g/mol. The fraction of sp³-hybridized carbons (Fsp3) is 0.300. The molecule has 6 nitrogen and oxygen atoms in total. The number of piperidine rings is 1. The monoisotopic (exact) mass is 409 g/mol. The molecule has 1 aliphatic rings. The highest BCUT2D eigenvalue weighted by atomic mass is 32.1. The average Bonchev–Trinajstić information content (AvgIpc) is 3.33. The maximum Gasteiger partial charge on any atom is 0.225 e. The fourth-order valence-corrected chi connectivity index (χ4v) is 5.31. The van der Waals surface area contributed by atoms with E-state index in [1.54, 1.807) is 4.68 Å². The molecule has 0 radical (unpaired) electrons. The minimum Gasteiger partial charge on any atom is -0.308 e. The summed E-state index contributed by atoms with van der Waals surface area (Å²) in [7, 11) is 0. The molecule has 2 aromatic heterocycles. The predicted molar refractivity (Wildman–Crippen MR) is 112 cm³/mol. The van der Waals surface area contributed by atoms with E-state index in [1.165, 1.54) is 27.4 Å². The van der Waals surface area contributed by atoms with Gasteiger partial charge in [-0.3, -0.25) is 0 Å². The van der Waals surface area contributed by atoms with Gasteiger partial charge in [-0.1, -0.05) is 30.3 Å². The van der Waals surface area contributed by atoms with Gasteiger partial charge in [-0.15, -0.1) is 11.3 Å². The predicted octanol–water partition coefficient (Wildman–Crippen LogP) is 3.18. The van der Waals surface area contributed by atoms with Crippen LogP contribution in [0, 0.1) is 4.77 Å². The molecule has 2 atom stereocenters. The van der Waals surface area contributed by atoms with E-state index in [0.717, 1.165) is 24.2 Å². The Morgan fingerprint density at radius 2 is 1.86 bits per heavy atom. The first-order valence-corrected chi connectivity index (χ1v) is 10.8. The highest BCUT2D eigenvalue weighted by Crippen LogP contribution is 2.28. The van der Waals surface area contributed by atoms with Gasteiger partial charge in [0.1, 0.15) is 6.04 Å². The Morgan fingerprint density at radius 3 is 2.71 bits per heavy atom. The van der Waals surface area contributed by atoms with Crippen molar-refractivity contribution < 1.29 is 4.90 Å². The van der Waals surface area contributed by atoms with E-state index in [-0.39, 0.29) is 0 Å². The summed E-state index contributed by atoms with van der Waals surface area (Å²) < 4.78 is 5.47. The smallest absolute Gasteiger partial charge is 0.225 e. The molecule has 28 heavy (non-hydrogen) atoms. The zero-order chi connectivity index (χ0) is 18.9. The normalized spacial score (nSPS) is 19.9. The second-order valence-electron chi connectivity index (χ2n) is 7.14. The third-order valence-electron chi connectivity index (χ3n) is 5.34. The molecule has 0 bridgehead atoms. The number of fused-ring (bicyclic) bond motifs is 1. The van der Waals surface area contributed by atoms with Crippen molar-refractivity contribution in [2.24, 2.45) is 0 Å². The summed E-state index contributed by atoms with van der Waals surface area (Å²) in [6, 6.07) is 18.7. The molecule has 5 rings (SSSR count). The summed E-state index contributed by atoms with van der Waals surface area (Å²) in [5.74, 6) is 0. The first-order chi connectivity index (χ1) is 13.8. The zero-order valence-corrected chi connectivity index (χ0v) is 17.0. The van der Waals surface area contributed by atoms with E-state index in [9.17, 15) is 0 Å². The minimum absolute atomic E-state index is 0.384. The van der Waals surface area contributed by atoms with E-state index >= 15 is 0 Å². The van der Waals surface area contributed by atoms with Crippen LogP contribution >= 0.6 is 23.6 Å². The maximum absolute atomic E-state index is 5.66. The first kappa shape index (κ1) is 17.7. The Morgan fingerprint density at radius 1 is 1.04 bits per heavy atom. The first-order valence-electron chi connectivity index (χ1n) is 9.58. The quantitative estimate of drug-likeness (QED) is 0.526. The molecule has 0 aliphatic carbocycles. The molecule has 3 heterocycles. The molecular formula is C20H21N6S2+. The lowest BCUT2D eigenvalue weighted by atomic mass is 10.0. The van der Waals surface area contributed by atoms with Gasteiger partial charge in [0.2, 0.25) is 4.77 Å². The Kier molecular flexibility index (Phi) is 4.76. The second-order valence-corrected chi connectivity index (χ2v) is 8.57. The Labute approximate surface area is 172 Å².